The first-order chi connectivity index (χ1) is 8.75. The second kappa shape index (κ2) is 3.42. The van der Waals surface area contributed by atoms with Gasteiger partial charge in [0.2, 0.25) is 11.8 Å². The fourth-order valence-corrected chi connectivity index (χ4v) is 3.33. The zero-order valence-corrected chi connectivity index (χ0v) is 9.78. The summed E-state index contributed by atoms with van der Waals surface area (Å²) in [6, 6.07) is 0. The van der Waals surface area contributed by atoms with Crippen molar-refractivity contribution in [1.29, 1.82) is 0 Å². The van der Waals surface area contributed by atoms with Gasteiger partial charge >= 0.3 is 0 Å². The largest absolute Gasteiger partial charge is 0.365 e. The number of imide groups is 1. The molecule has 0 N–H and O–H groups in total. The second-order valence-corrected chi connectivity index (χ2v) is 5.22. The molecule has 92 valence electrons. The Bertz CT molecular complexity index is 501. The molecular weight excluding hydrogens is 230 g/mol. The van der Waals surface area contributed by atoms with Crippen LogP contribution in [-0.4, -0.2) is 35.5 Å². The third kappa shape index (κ3) is 1.18. The SMILES string of the molecule is O=C1[C@@H]2[C@H](C(=O)N1CC1=CC=CC1)[C@H]1C=C[C@@H]2O1. The molecule has 4 nitrogen and oxygen atoms in total. The average molecular weight is 243 g/mol. The van der Waals surface area contributed by atoms with Crippen LogP contribution in [0.3, 0.4) is 0 Å². The van der Waals surface area contributed by atoms with Gasteiger partial charge in [0.1, 0.15) is 0 Å². The van der Waals surface area contributed by atoms with E-state index >= 15 is 0 Å². The Morgan fingerprint density at radius 3 is 2.39 bits per heavy atom. The van der Waals surface area contributed by atoms with Gasteiger partial charge in [-0.15, -0.1) is 0 Å². The van der Waals surface area contributed by atoms with Crippen LogP contribution in [0.5, 0.6) is 0 Å². The van der Waals surface area contributed by atoms with Crippen molar-refractivity contribution in [2.24, 2.45) is 11.8 Å². The molecule has 0 spiro atoms. The van der Waals surface area contributed by atoms with Crippen molar-refractivity contribution in [3.05, 3.63) is 36.0 Å². The summed E-state index contributed by atoms with van der Waals surface area (Å²) >= 11 is 0. The minimum Gasteiger partial charge on any atom is -0.365 e. The number of likely N-dealkylation sites (tertiary alicyclic amines) is 1. The maximum absolute atomic E-state index is 12.3. The van der Waals surface area contributed by atoms with E-state index in [2.05, 4.69) is 0 Å². The van der Waals surface area contributed by atoms with Crippen LogP contribution in [0.15, 0.2) is 36.0 Å². The van der Waals surface area contributed by atoms with Crippen LogP contribution >= 0.6 is 0 Å². The van der Waals surface area contributed by atoms with E-state index in [-0.39, 0.29) is 35.9 Å². The Hall–Kier alpha value is -1.68. The maximum Gasteiger partial charge on any atom is 0.236 e. The molecule has 4 aliphatic rings. The first-order valence-electron chi connectivity index (χ1n) is 6.29. The standard InChI is InChI=1S/C14H13NO3/c16-13-11-9-5-6-10(18-9)12(11)14(17)15(13)7-8-3-1-2-4-8/h1-3,5-6,9-12H,4,7H2/t9-,10+,11-,12+. The van der Waals surface area contributed by atoms with Crippen molar-refractivity contribution in [2.45, 2.75) is 18.6 Å². The van der Waals surface area contributed by atoms with Crippen molar-refractivity contribution in [1.82, 2.24) is 4.90 Å². The molecule has 18 heavy (non-hydrogen) atoms. The lowest BCUT2D eigenvalue weighted by molar-refractivity contribution is -0.141. The van der Waals surface area contributed by atoms with E-state index in [1.807, 2.05) is 30.4 Å². The number of ether oxygens (including phenoxy) is 1. The number of allylic oxidation sites excluding steroid dienone is 3. The van der Waals surface area contributed by atoms with Gasteiger partial charge in [-0.25, -0.2) is 0 Å². The zero-order valence-electron chi connectivity index (χ0n) is 9.78. The predicted octanol–water partition coefficient (Wildman–Crippen LogP) is 0.811. The highest BCUT2D eigenvalue weighted by Gasteiger charge is 2.60. The Labute approximate surface area is 105 Å². The average Bonchev–Trinajstić information content (AvgIpc) is 3.10. The highest BCUT2D eigenvalue weighted by atomic mass is 16.5. The van der Waals surface area contributed by atoms with E-state index in [0.717, 1.165) is 12.0 Å². The van der Waals surface area contributed by atoms with Crippen LogP contribution in [0, 0.1) is 11.8 Å². The van der Waals surface area contributed by atoms with Crippen molar-refractivity contribution < 1.29 is 14.3 Å². The first-order valence-corrected chi connectivity index (χ1v) is 6.29. The molecule has 0 saturated carbocycles. The lowest BCUT2D eigenvalue weighted by atomic mass is 9.85. The Kier molecular flexibility index (Phi) is 1.95. The van der Waals surface area contributed by atoms with Gasteiger partial charge in [-0.1, -0.05) is 30.4 Å². The molecule has 4 heteroatoms. The van der Waals surface area contributed by atoms with Crippen LogP contribution in [0.2, 0.25) is 0 Å². The summed E-state index contributed by atoms with van der Waals surface area (Å²) in [6.45, 7) is 0.442. The molecule has 0 aromatic carbocycles. The van der Waals surface area contributed by atoms with Gasteiger partial charge in [-0.2, -0.15) is 0 Å². The Morgan fingerprint density at radius 1 is 1.17 bits per heavy atom. The summed E-state index contributed by atoms with van der Waals surface area (Å²) in [5.41, 5.74) is 1.12. The maximum atomic E-state index is 12.3. The Balaban J connectivity index is 1.60. The fourth-order valence-electron chi connectivity index (χ4n) is 3.33. The molecule has 3 heterocycles. The minimum absolute atomic E-state index is 0.0605. The van der Waals surface area contributed by atoms with E-state index in [4.69, 9.17) is 4.74 Å². The molecule has 2 bridgehead atoms. The number of hydrogen-bond acceptors (Lipinski definition) is 3. The number of nitrogens with zero attached hydrogens (tertiary/aromatic N) is 1. The van der Waals surface area contributed by atoms with Gasteiger partial charge in [0.25, 0.3) is 0 Å². The summed E-state index contributed by atoms with van der Waals surface area (Å²) in [5, 5.41) is 0. The quantitative estimate of drug-likeness (QED) is 0.532. The highest BCUT2D eigenvalue weighted by molar-refractivity contribution is 6.06. The molecule has 1 aliphatic carbocycles. The molecule has 3 aliphatic heterocycles. The van der Waals surface area contributed by atoms with E-state index in [9.17, 15) is 9.59 Å². The van der Waals surface area contributed by atoms with Crippen LogP contribution in [0.4, 0.5) is 0 Å². The van der Waals surface area contributed by atoms with Crippen molar-refractivity contribution >= 4 is 11.8 Å². The third-order valence-electron chi connectivity index (χ3n) is 4.21. The highest BCUT2D eigenvalue weighted by Crippen LogP contribution is 2.45. The smallest absolute Gasteiger partial charge is 0.236 e. The summed E-state index contributed by atoms with van der Waals surface area (Å²) in [7, 11) is 0. The number of carbonyl (C=O) groups is 2. The topological polar surface area (TPSA) is 46.6 Å². The zero-order chi connectivity index (χ0) is 12.3. The summed E-state index contributed by atoms with van der Waals surface area (Å²) in [5.74, 6) is -0.672. The van der Waals surface area contributed by atoms with E-state index < -0.39 is 0 Å². The van der Waals surface area contributed by atoms with Gasteiger partial charge < -0.3 is 4.74 Å². The molecule has 2 fully saturated rings. The molecule has 0 radical (unpaired) electrons. The number of amides is 2. The Morgan fingerprint density at radius 2 is 1.83 bits per heavy atom. The third-order valence-corrected chi connectivity index (χ3v) is 4.21. The summed E-state index contributed by atoms with van der Waals surface area (Å²) in [4.78, 5) is 26.1. The summed E-state index contributed by atoms with van der Waals surface area (Å²) < 4.78 is 5.59. The van der Waals surface area contributed by atoms with Crippen molar-refractivity contribution in [3.8, 4) is 0 Å². The van der Waals surface area contributed by atoms with Gasteiger partial charge in [0.15, 0.2) is 0 Å². The van der Waals surface area contributed by atoms with Crippen LogP contribution < -0.4 is 0 Å². The lowest BCUT2D eigenvalue weighted by Crippen LogP contribution is -2.35. The van der Waals surface area contributed by atoms with Crippen molar-refractivity contribution in [2.75, 3.05) is 6.54 Å². The lowest BCUT2D eigenvalue weighted by Gasteiger charge is -2.18. The van der Waals surface area contributed by atoms with Crippen LogP contribution in [0.1, 0.15) is 6.42 Å². The molecule has 4 atom stereocenters. The molecule has 0 aromatic rings. The fraction of sp³-hybridized carbons (Fsp3) is 0.429. The molecule has 2 amide bonds. The number of rotatable bonds is 2. The molecule has 4 rings (SSSR count). The van der Waals surface area contributed by atoms with E-state index in [1.165, 1.54) is 4.90 Å². The molecule has 0 aromatic heterocycles. The van der Waals surface area contributed by atoms with Gasteiger partial charge in [0.05, 0.1) is 30.6 Å². The number of hydrogen-bond donors (Lipinski definition) is 0. The normalized spacial score (nSPS) is 40.0. The predicted molar refractivity (Wildman–Crippen MR) is 63.3 cm³/mol. The first kappa shape index (κ1) is 10.3. The summed E-state index contributed by atoms with van der Waals surface area (Å²) in [6.07, 6.45) is 10.3. The second-order valence-electron chi connectivity index (χ2n) is 5.22. The van der Waals surface area contributed by atoms with E-state index in [0.29, 0.717) is 6.54 Å². The van der Waals surface area contributed by atoms with Crippen LogP contribution in [-0.2, 0) is 14.3 Å². The van der Waals surface area contributed by atoms with Gasteiger partial charge in [0, 0.05) is 0 Å². The number of fused-ring (bicyclic) bond motifs is 5. The molecule has 0 unspecified atom stereocenters. The molecule has 2 saturated heterocycles. The van der Waals surface area contributed by atoms with E-state index in [1.54, 1.807) is 0 Å². The monoisotopic (exact) mass is 243 g/mol. The minimum atomic E-state index is -0.275. The molecular formula is C14H13NO3. The van der Waals surface area contributed by atoms with Crippen molar-refractivity contribution in [3.63, 3.8) is 0 Å². The van der Waals surface area contributed by atoms with Gasteiger partial charge in [-0.05, 0) is 12.0 Å². The van der Waals surface area contributed by atoms with Crippen LogP contribution in [0.25, 0.3) is 0 Å². The number of carbonyl (C=O) groups excluding carboxylic acids is 2. The van der Waals surface area contributed by atoms with Gasteiger partial charge in [-0.3, -0.25) is 14.5 Å².